The number of hydrogen-bond acceptors (Lipinski definition) is 5. The minimum atomic E-state index is -0.679. The normalized spacial score (nSPS) is 10.2. The van der Waals surface area contributed by atoms with E-state index in [1.54, 1.807) is 38.1 Å². The minimum Gasteiger partial charge on any atom is -0.462 e. The maximum Gasteiger partial charge on any atom is 0.349 e. The van der Waals surface area contributed by atoms with Crippen LogP contribution in [0, 0.1) is 0 Å². The molecule has 0 spiro atoms. The molecule has 24 heavy (non-hydrogen) atoms. The summed E-state index contributed by atoms with van der Waals surface area (Å²) in [5, 5.41) is 3.29. The van der Waals surface area contributed by atoms with E-state index >= 15 is 0 Å². The van der Waals surface area contributed by atoms with Crippen molar-refractivity contribution in [3.63, 3.8) is 0 Å². The Kier molecular flexibility index (Phi) is 5.89. The van der Waals surface area contributed by atoms with E-state index < -0.39 is 17.5 Å². The number of fused-ring (bicyclic) bond motifs is 1. The Balaban J connectivity index is 1.87. The Bertz CT molecular complexity index is 831. The van der Waals surface area contributed by atoms with Crippen molar-refractivity contribution in [3.05, 3.63) is 58.0 Å². The number of hydrogen-bond donors (Lipinski definition) is 1. The highest BCUT2D eigenvalue weighted by atomic mass is 16.5. The molecule has 0 fully saturated rings. The number of ether oxygens (including phenoxy) is 1. The maximum atomic E-state index is 12.1. The molecule has 6 heteroatoms. The zero-order valence-corrected chi connectivity index (χ0v) is 13.6. The van der Waals surface area contributed by atoms with Crippen LogP contribution in [0.15, 0.2) is 51.2 Å². The van der Waals surface area contributed by atoms with Gasteiger partial charge in [-0.25, -0.2) is 9.59 Å². The van der Waals surface area contributed by atoms with E-state index in [0.29, 0.717) is 17.4 Å². The van der Waals surface area contributed by atoms with Crippen LogP contribution in [0.2, 0.25) is 0 Å². The minimum absolute atomic E-state index is 0.0461. The summed E-state index contributed by atoms with van der Waals surface area (Å²) in [6.07, 6.45) is 1.85. The molecule has 2 rings (SSSR count). The molecule has 2 aromatic rings. The van der Waals surface area contributed by atoms with Crippen molar-refractivity contribution >= 4 is 22.8 Å². The molecular formula is C18H19NO5. The van der Waals surface area contributed by atoms with Gasteiger partial charge in [0.1, 0.15) is 11.1 Å². The van der Waals surface area contributed by atoms with Gasteiger partial charge in [0.2, 0.25) is 0 Å². The highest BCUT2D eigenvalue weighted by Crippen LogP contribution is 2.12. The Morgan fingerprint density at radius 3 is 2.75 bits per heavy atom. The predicted octanol–water partition coefficient (Wildman–Crippen LogP) is 2.42. The second-order valence-corrected chi connectivity index (χ2v) is 5.48. The average Bonchev–Trinajstić information content (AvgIpc) is 2.53. The third kappa shape index (κ3) is 4.81. The van der Waals surface area contributed by atoms with Crippen molar-refractivity contribution in [1.29, 1.82) is 0 Å². The molecular weight excluding hydrogens is 310 g/mol. The average molecular weight is 329 g/mol. The van der Waals surface area contributed by atoms with Crippen LogP contribution in [-0.4, -0.2) is 25.0 Å². The summed E-state index contributed by atoms with van der Waals surface area (Å²) < 4.78 is 10.1. The lowest BCUT2D eigenvalue weighted by atomic mass is 10.2. The summed E-state index contributed by atoms with van der Waals surface area (Å²) in [4.78, 5) is 35.2. The number of rotatable bonds is 6. The van der Waals surface area contributed by atoms with Gasteiger partial charge in [0.05, 0.1) is 6.61 Å². The van der Waals surface area contributed by atoms with Crippen molar-refractivity contribution in [2.24, 2.45) is 0 Å². The van der Waals surface area contributed by atoms with Gasteiger partial charge in [-0.1, -0.05) is 23.8 Å². The van der Waals surface area contributed by atoms with Crippen LogP contribution < -0.4 is 10.9 Å². The van der Waals surface area contributed by atoms with Gasteiger partial charge in [0, 0.05) is 18.0 Å². The summed E-state index contributed by atoms with van der Waals surface area (Å²) in [5.74, 6) is -0.915. The molecule has 1 N–H and O–H groups in total. The highest BCUT2D eigenvalue weighted by molar-refractivity contribution is 5.96. The molecule has 0 aliphatic carbocycles. The molecule has 0 saturated carbocycles. The van der Waals surface area contributed by atoms with Gasteiger partial charge in [-0.15, -0.1) is 0 Å². The molecule has 0 unspecified atom stereocenters. The van der Waals surface area contributed by atoms with Crippen molar-refractivity contribution in [1.82, 2.24) is 5.32 Å². The molecule has 126 valence electrons. The zero-order valence-electron chi connectivity index (χ0n) is 13.6. The van der Waals surface area contributed by atoms with Crippen LogP contribution >= 0.6 is 0 Å². The fourth-order valence-corrected chi connectivity index (χ4v) is 2.04. The first kappa shape index (κ1) is 17.5. The SMILES string of the molecule is CC(C)=CC(=O)OCCCNC(=O)c1cc2ccccc2oc1=O. The van der Waals surface area contributed by atoms with E-state index in [1.807, 2.05) is 0 Å². The molecule has 1 heterocycles. The molecule has 0 aliphatic rings. The molecule has 1 aromatic carbocycles. The number of benzene rings is 1. The first-order valence-corrected chi connectivity index (χ1v) is 7.60. The Morgan fingerprint density at radius 2 is 2.00 bits per heavy atom. The Labute approximate surface area is 139 Å². The number of carbonyl (C=O) groups is 2. The lowest BCUT2D eigenvalue weighted by Crippen LogP contribution is -2.29. The smallest absolute Gasteiger partial charge is 0.349 e. The molecule has 0 saturated heterocycles. The topological polar surface area (TPSA) is 85.6 Å². The molecule has 0 aliphatic heterocycles. The number of nitrogens with one attached hydrogen (secondary N) is 1. The molecule has 0 bridgehead atoms. The van der Waals surface area contributed by atoms with E-state index in [1.165, 1.54) is 12.1 Å². The lowest BCUT2D eigenvalue weighted by Gasteiger charge is -2.06. The number of carbonyl (C=O) groups excluding carboxylic acids is 2. The fraction of sp³-hybridized carbons (Fsp3) is 0.278. The number of para-hydroxylation sites is 1. The van der Waals surface area contributed by atoms with E-state index in [4.69, 9.17) is 9.15 Å². The van der Waals surface area contributed by atoms with Crippen molar-refractivity contribution in [3.8, 4) is 0 Å². The largest absolute Gasteiger partial charge is 0.462 e. The lowest BCUT2D eigenvalue weighted by molar-refractivity contribution is -0.137. The Morgan fingerprint density at radius 1 is 1.25 bits per heavy atom. The summed E-state index contributed by atoms with van der Waals surface area (Å²) >= 11 is 0. The molecule has 0 atom stereocenters. The van der Waals surface area contributed by atoms with E-state index in [9.17, 15) is 14.4 Å². The summed E-state index contributed by atoms with van der Waals surface area (Å²) in [5.41, 5.74) is 0.568. The summed E-state index contributed by atoms with van der Waals surface area (Å²) in [6.45, 7) is 4.08. The number of amides is 1. The standard InChI is InChI=1S/C18H19NO5/c1-12(2)10-16(20)23-9-5-8-19-17(21)14-11-13-6-3-4-7-15(13)24-18(14)22/h3-4,6-7,10-11H,5,8-9H2,1-2H3,(H,19,21). The van der Waals surface area contributed by atoms with Gasteiger partial charge in [-0.05, 0) is 32.4 Å². The monoisotopic (exact) mass is 329 g/mol. The van der Waals surface area contributed by atoms with Crippen LogP contribution in [0.4, 0.5) is 0 Å². The molecule has 6 nitrogen and oxygen atoms in total. The van der Waals surface area contributed by atoms with E-state index in [0.717, 1.165) is 5.57 Å². The van der Waals surface area contributed by atoms with Crippen LogP contribution in [0.5, 0.6) is 0 Å². The van der Waals surface area contributed by atoms with Crippen LogP contribution in [0.3, 0.4) is 0 Å². The molecule has 0 radical (unpaired) electrons. The van der Waals surface area contributed by atoms with Gasteiger partial charge in [-0.3, -0.25) is 4.79 Å². The van der Waals surface area contributed by atoms with Gasteiger partial charge in [-0.2, -0.15) is 0 Å². The van der Waals surface area contributed by atoms with Crippen molar-refractivity contribution in [2.45, 2.75) is 20.3 Å². The third-order valence-corrected chi connectivity index (χ3v) is 3.14. The van der Waals surface area contributed by atoms with Gasteiger partial charge in [0.15, 0.2) is 0 Å². The summed E-state index contributed by atoms with van der Waals surface area (Å²) in [7, 11) is 0. The van der Waals surface area contributed by atoms with Crippen molar-refractivity contribution < 1.29 is 18.7 Å². The zero-order chi connectivity index (χ0) is 17.5. The Hall–Kier alpha value is -2.89. The van der Waals surface area contributed by atoms with Gasteiger partial charge < -0.3 is 14.5 Å². The quantitative estimate of drug-likeness (QED) is 0.381. The number of esters is 1. The second-order valence-electron chi connectivity index (χ2n) is 5.48. The molecule has 1 amide bonds. The maximum absolute atomic E-state index is 12.1. The van der Waals surface area contributed by atoms with E-state index in [-0.39, 0.29) is 18.7 Å². The third-order valence-electron chi connectivity index (χ3n) is 3.14. The van der Waals surface area contributed by atoms with Gasteiger partial charge >= 0.3 is 11.6 Å². The first-order valence-electron chi connectivity index (χ1n) is 7.60. The predicted molar refractivity (Wildman–Crippen MR) is 89.8 cm³/mol. The van der Waals surface area contributed by atoms with Crippen molar-refractivity contribution in [2.75, 3.05) is 13.2 Å². The van der Waals surface area contributed by atoms with Crippen LogP contribution in [0.25, 0.3) is 11.0 Å². The van der Waals surface area contributed by atoms with Gasteiger partial charge in [0.25, 0.3) is 5.91 Å². The van der Waals surface area contributed by atoms with E-state index in [2.05, 4.69) is 5.32 Å². The number of allylic oxidation sites excluding steroid dienone is 1. The molecule has 1 aromatic heterocycles. The van der Waals surface area contributed by atoms with Crippen LogP contribution in [-0.2, 0) is 9.53 Å². The fourth-order valence-electron chi connectivity index (χ4n) is 2.04. The van der Waals surface area contributed by atoms with Crippen LogP contribution in [0.1, 0.15) is 30.6 Å². The summed E-state index contributed by atoms with van der Waals surface area (Å²) in [6, 6.07) is 8.48. The first-order chi connectivity index (χ1) is 11.5. The highest BCUT2D eigenvalue weighted by Gasteiger charge is 2.13. The second kappa shape index (κ2) is 8.10.